The molecule has 92 valence electrons. The van der Waals surface area contributed by atoms with Crippen molar-refractivity contribution in [1.29, 1.82) is 0 Å². The van der Waals surface area contributed by atoms with Gasteiger partial charge >= 0.3 is 0 Å². The zero-order valence-corrected chi connectivity index (χ0v) is 10.2. The lowest BCUT2D eigenvalue weighted by atomic mass is 10.1. The van der Waals surface area contributed by atoms with E-state index in [9.17, 15) is 0 Å². The second-order valence-corrected chi connectivity index (χ2v) is 4.07. The van der Waals surface area contributed by atoms with Gasteiger partial charge in [-0.2, -0.15) is 0 Å². The Labute approximate surface area is 106 Å². The van der Waals surface area contributed by atoms with Crippen molar-refractivity contribution in [1.82, 2.24) is 0 Å². The SMILES string of the molecule is C/C(Cc1cccc(Oc2ccccc2)c1)=N\O. The van der Waals surface area contributed by atoms with E-state index in [2.05, 4.69) is 5.16 Å². The van der Waals surface area contributed by atoms with Gasteiger partial charge in [-0.3, -0.25) is 0 Å². The van der Waals surface area contributed by atoms with E-state index in [1.54, 1.807) is 6.92 Å². The Kier molecular flexibility index (Phi) is 3.97. The maximum Gasteiger partial charge on any atom is 0.127 e. The molecule has 0 aromatic heterocycles. The highest BCUT2D eigenvalue weighted by molar-refractivity contribution is 5.83. The highest BCUT2D eigenvalue weighted by atomic mass is 16.5. The Morgan fingerprint density at radius 2 is 1.78 bits per heavy atom. The molecule has 2 rings (SSSR count). The number of hydrogen-bond donors (Lipinski definition) is 1. The quantitative estimate of drug-likeness (QED) is 0.501. The highest BCUT2D eigenvalue weighted by Crippen LogP contribution is 2.22. The molecular formula is C15H15NO2. The molecule has 0 unspecified atom stereocenters. The average molecular weight is 241 g/mol. The van der Waals surface area contributed by atoms with Crippen molar-refractivity contribution in [2.45, 2.75) is 13.3 Å². The fourth-order valence-corrected chi connectivity index (χ4v) is 1.67. The van der Waals surface area contributed by atoms with Crippen LogP contribution in [-0.2, 0) is 6.42 Å². The molecule has 0 bridgehead atoms. The van der Waals surface area contributed by atoms with E-state index in [0.29, 0.717) is 12.1 Å². The summed E-state index contributed by atoms with van der Waals surface area (Å²) in [4.78, 5) is 0. The molecule has 0 fully saturated rings. The summed E-state index contributed by atoms with van der Waals surface area (Å²) < 4.78 is 5.73. The normalized spacial score (nSPS) is 11.3. The van der Waals surface area contributed by atoms with Crippen LogP contribution < -0.4 is 4.74 Å². The number of oxime groups is 1. The van der Waals surface area contributed by atoms with Gasteiger partial charge in [0.1, 0.15) is 11.5 Å². The van der Waals surface area contributed by atoms with Gasteiger partial charge in [0.15, 0.2) is 0 Å². The molecule has 0 saturated carbocycles. The average Bonchev–Trinajstić information content (AvgIpc) is 2.40. The lowest BCUT2D eigenvalue weighted by Crippen LogP contribution is -1.97. The molecular weight excluding hydrogens is 226 g/mol. The monoisotopic (exact) mass is 241 g/mol. The van der Waals surface area contributed by atoms with E-state index < -0.39 is 0 Å². The molecule has 0 radical (unpaired) electrons. The van der Waals surface area contributed by atoms with E-state index in [1.165, 1.54) is 0 Å². The zero-order valence-electron chi connectivity index (χ0n) is 10.2. The molecule has 1 N–H and O–H groups in total. The second kappa shape index (κ2) is 5.87. The molecule has 2 aromatic rings. The van der Waals surface area contributed by atoms with Crippen molar-refractivity contribution in [3.63, 3.8) is 0 Å². The van der Waals surface area contributed by atoms with Gasteiger partial charge in [-0.05, 0) is 36.8 Å². The van der Waals surface area contributed by atoms with Gasteiger partial charge in [0.05, 0.1) is 5.71 Å². The van der Waals surface area contributed by atoms with Crippen LogP contribution in [0.15, 0.2) is 59.8 Å². The molecule has 0 saturated heterocycles. The Morgan fingerprint density at radius 3 is 2.50 bits per heavy atom. The topological polar surface area (TPSA) is 41.8 Å². The van der Waals surface area contributed by atoms with Crippen LogP contribution in [0.2, 0.25) is 0 Å². The molecule has 3 nitrogen and oxygen atoms in total. The van der Waals surface area contributed by atoms with E-state index in [-0.39, 0.29) is 0 Å². The molecule has 3 heteroatoms. The third-order valence-electron chi connectivity index (χ3n) is 2.51. The van der Waals surface area contributed by atoms with Crippen molar-refractivity contribution in [2.24, 2.45) is 5.16 Å². The highest BCUT2D eigenvalue weighted by Gasteiger charge is 2.00. The van der Waals surface area contributed by atoms with Crippen LogP contribution in [0.5, 0.6) is 11.5 Å². The molecule has 2 aromatic carbocycles. The smallest absolute Gasteiger partial charge is 0.127 e. The van der Waals surface area contributed by atoms with Crippen molar-refractivity contribution in [3.8, 4) is 11.5 Å². The predicted octanol–water partition coefficient (Wildman–Crippen LogP) is 3.87. The van der Waals surface area contributed by atoms with Gasteiger partial charge in [0.2, 0.25) is 0 Å². The standard InChI is InChI=1S/C15H15NO2/c1-12(16-17)10-13-6-5-9-15(11-13)18-14-7-3-2-4-8-14/h2-9,11,17H,10H2,1H3/b16-12+. The van der Waals surface area contributed by atoms with Crippen molar-refractivity contribution in [2.75, 3.05) is 0 Å². The van der Waals surface area contributed by atoms with Crippen molar-refractivity contribution in [3.05, 3.63) is 60.2 Å². The van der Waals surface area contributed by atoms with E-state index in [4.69, 9.17) is 9.94 Å². The van der Waals surface area contributed by atoms with Crippen molar-refractivity contribution >= 4 is 5.71 Å². The maximum absolute atomic E-state index is 8.66. The Morgan fingerprint density at radius 1 is 1.06 bits per heavy atom. The molecule has 0 heterocycles. The van der Waals surface area contributed by atoms with E-state index in [1.807, 2.05) is 54.6 Å². The minimum Gasteiger partial charge on any atom is -0.457 e. The summed E-state index contributed by atoms with van der Waals surface area (Å²) in [6.07, 6.45) is 0.614. The number of ether oxygens (including phenoxy) is 1. The molecule has 0 aliphatic carbocycles. The van der Waals surface area contributed by atoms with Crippen LogP contribution in [0.4, 0.5) is 0 Å². The lowest BCUT2D eigenvalue weighted by Gasteiger charge is -2.07. The first-order valence-corrected chi connectivity index (χ1v) is 5.77. The molecule has 0 atom stereocenters. The predicted molar refractivity (Wildman–Crippen MR) is 71.6 cm³/mol. The number of para-hydroxylation sites is 1. The van der Waals surface area contributed by atoms with Crippen LogP contribution >= 0.6 is 0 Å². The molecule has 0 amide bonds. The molecule has 18 heavy (non-hydrogen) atoms. The first-order chi connectivity index (χ1) is 8.78. The van der Waals surface area contributed by atoms with Crippen molar-refractivity contribution < 1.29 is 9.94 Å². The lowest BCUT2D eigenvalue weighted by molar-refractivity contribution is 0.317. The van der Waals surface area contributed by atoms with Crippen LogP contribution in [0.25, 0.3) is 0 Å². The zero-order chi connectivity index (χ0) is 12.8. The summed E-state index contributed by atoms with van der Waals surface area (Å²) in [5, 5.41) is 11.8. The van der Waals surface area contributed by atoms with Crippen LogP contribution in [0, 0.1) is 0 Å². The van der Waals surface area contributed by atoms with Gasteiger partial charge in [0.25, 0.3) is 0 Å². The van der Waals surface area contributed by atoms with Gasteiger partial charge in [-0.15, -0.1) is 0 Å². The first-order valence-electron chi connectivity index (χ1n) is 5.77. The second-order valence-electron chi connectivity index (χ2n) is 4.07. The maximum atomic E-state index is 8.66. The fourth-order valence-electron chi connectivity index (χ4n) is 1.67. The summed E-state index contributed by atoms with van der Waals surface area (Å²) in [5.74, 6) is 1.59. The number of nitrogens with zero attached hydrogens (tertiary/aromatic N) is 1. The minimum atomic E-state index is 0.614. The van der Waals surface area contributed by atoms with Crippen LogP contribution in [-0.4, -0.2) is 10.9 Å². The summed E-state index contributed by atoms with van der Waals surface area (Å²) in [6, 6.07) is 17.4. The third kappa shape index (κ3) is 3.35. The van der Waals surface area contributed by atoms with E-state index >= 15 is 0 Å². The number of benzene rings is 2. The largest absolute Gasteiger partial charge is 0.457 e. The van der Waals surface area contributed by atoms with E-state index in [0.717, 1.165) is 17.1 Å². The Balaban J connectivity index is 2.13. The molecule has 0 aliphatic heterocycles. The van der Waals surface area contributed by atoms with Gasteiger partial charge < -0.3 is 9.94 Å². The summed E-state index contributed by atoms with van der Waals surface area (Å²) in [5.41, 5.74) is 1.73. The molecule has 0 aliphatic rings. The third-order valence-corrected chi connectivity index (χ3v) is 2.51. The first kappa shape index (κ1) is 12.2. The summed E-state index contributed by atoms with van der Waals surface area (Å²) in [7, 11) is 0. The fraction of sp³-hybridized carbons (Fsp3) is 0.133. The van der Waals surface area contributed by atoms with Crippen LogP contribution in [0.1, 0.15) is 12.5 Å². The number of rotatable bonds is 4. The Bertz CT molecular complexity index is 535. The van der Waals surface area contributed by atoms with Gasteiger partial charge in [-0.1, -0.05) is 35.5 Å². The molecule has 0 spiro atoms. The van der Waals surface area contributed by atoms with Crippen LogP contribution in [0.3, 0.4) is 0 Å². The van der Waals surface area contributed by atoms with Gasteiger partial charge in [0, 0.05) is 6.42 Å². The van der Waals surface area contributed by atoms with Gasteiger partial charge in [-0.25, -0.2) is 0 Å². The minimum absolute atomic E-state index is 0.614. The number of hydrogen-bond acceptors (Lipinski definition) is 3. The summed E-state index contributed by atoms with van der Waals surface area (Å²) in [6.45, 7) is 1.78. The summed E-state index contributed by atoms with van der Waals surface area (Å²) >= 11 is 0. The Hall–Kier alpha value is -2.29.